The fourth-order valence-electron chi connectivity index (χ4n) is 2.87. The van der Waals surface area contributed by atoms with Gasteiger partial charge in [0.1, 0.15) is 0 Å². The van der Waals surface area contributed by atoms with Crippen molar-refractivity contribution in [3.63, 3.8) is 0 Å². The van der Waals surface area contributed by atoms with E-state index in [1.54, 1.807) is 18.2 Å². The first-order chi connectivity index (χ1) is 10.5. The molecule has 1 heterocycles. The summed E-state index contributed by atoms with van der Waals surface area (Å²) in [5, 5.41) is 3.05. The minimum absolute atomic E-state index is 0.0189. The normalized spacial score (nSPS) is 16.9. The summed E-state index contributed by atoms with van der Waals surface area (Å²) in [6.07, 6.45) is 3.63. The molecule has 2 rings (SSSR count). The molecular formula is C18H29N3O. The number of nitrogens with two attached hydrogens (primary N) is 1. The predicted octanol–water partition coefficient (Wildman–Crippen LogP) is 2.76. The third-order valence-electron chi connectivity index (χ3n) is 4.43. The molecule has 4 heteroatoms. The standard InChI is InChI=1S/C18H29N3O/c1-14(2)6-9-21-10-7-15(8-11-21)13-20-18(22)16-4-3-5-17(19)12-16/h3-5,12,14-15H,6-11,13,19H2,1-2H3,(H,20,22). The first-order valence-electron chi connectivity index (χ1n) is 8.40. The Morgan fingerprint density at radius 3 is 2.73 bits per heavy atom. The molecule has 1 aliphatic rings. The highest BCUT2D eigenvalue weighted by Gasteiger charge is 2.19. The van der Waals surface area contributed by atoms with E-state index >= 15 is 0 Å². The maximum atomic E-state index is 12.1. The molecule has 1 aromatic carbocycles. The second kappa shape index (κ2) is 8.18. The topological polar surface area (TPSA) is 58.4 Å². The number of benzene rings is 1. The zero-order chi connectivity index (χ0) is 15.9. The summed E-state index contributed by atoms with van der Waals surface area (Å²) in [5.74, 6) is 1.35. The van der Waals surface area contributed by atoms with Crippen molar-refractivity contribution in [1.29, 1.82) is 0 Å². The first kappa shape index (κ1) is 16.8. The van der Waals surface area contributed by atoms with E-state index in [0.29, 0.717) is 17.2 Å². The van der Waals surface area contributed by atoms with E-state index in [1.165, 1.54) is 25.8 Å². The number of hydrogen-bond donors (Lipinski definition) is 2. The first-order valence-corrected chi connectivity index (χ1v) is 8.40. The molecule has 4 nitrogen and oxygen atoms in total. The third-order valence-corrected chi connectivity index (χ3v) is 4.43. The number of nitrogens with one attached hydrogen (secondary N) is 1. The summed E-state index contributed by atoms with van der Waals surface area (Å²) >= 11 is 0. The number of carbonyl (C=O) groups is 1. The van der Waals surface area contributed by atoms with Crippen LogP contribution in [0.5, 0.6) is 0 Å². The Morgan fingerprint density at radius 2 is 2.09 bits per heavy atom. The monoisotopic (exact) mass is 303 g/mol. The van der Waals surface area contributed by atoms with E-state index in [0.717, 1.165) is 25.6 Å². The van der Waals surface area contributed by atoms with Gasteiger partial charge in [-0.1, -0.05) is 19.9 Å². The van der Waals surface area contributed by atoms with E-state index in [9.17, 15) is 4.79 Å². The van der Waals surface area contributed by atoms with Gasteiger partial charge < -0.3 is 16.0 Å². The average Bonchev–Trinajstić information content (AvgIpc) is 2.51. The van der Waals surface area contributed by atoms with Crippen molar-refractivity contribution in [3.05, 3.63) is 29.8 Å². The minimum Gasteiger partial charge on any atom is -0.399 e. The van der Waals surface area contributed by atoms with Crippen LogP contribution in [0, 0.1) is 11.8 Å². The van der Waals surface area contributed by atoms with Crippen molar-refractivity contribution < 1.29 is 4.79 Å². The molecule has 0 radical (unpaired) electrons. The molecule has 0 bridgehead atoms. The molecule has 3 N–H and O–H groups in total. The van der Waals surface area contributed by atoms with Crippen LogP contribution in [0.2, 0.25) is 0 Å². The highest BCUT2D eigenvalue weighted by molar-refractivity contribution is 5.94. The number of likely N-dealkylation sites (tertiary alicyclic amines) is 1. The molecule has 1 aliphatic heterocycles. The summed E-state index contributed by atoms with van der Waals surface area (Å²) in [6, 6.07) is 7.14. The molecule has 1 saturated heterocycles. The van der Waals surface area contributed by atoms with Gasteiger partial charge in [-0.05, 0) is 68.9 Å². The van der Waals surface area contributed by atoms with Crippen molar-refractivity contribution in [2.75, 3.05) is 31.9 Å². The fraction of sp³-hybridized carbons (Fsp3) is 0.611. The van der Waals surface area contributed by atoms with Gasteiger partial charge in [-0.3, -0.25) is 4.79 Å². The predicted molar refractivity (Wildman–Crippen MR) is 91.8 cm³/mol. The van der Waals surface area contributed by atoms with Gasteiger partial charge in [0.2, 0.25) is 0 Å². The second-order valence-electron chi connectivity index (χ2n) is 6.80. The lowest BCUT2D eigenvalue weighted by molar-refractivity contribution is 0.0935. The zero-order valence-corrected chi connectivity index (χ0v) is 13.8. The lowest BCUT2D eigenvalue weighted by Gasteiger charge is -2.32. The number of nitrogens with zero attached hydrogens (tertiary/aromatic N) is 1. The van der Waals surface area contributed by atoms with Crippen LogP contribution in [0.1, 0.15) is 43.5 Å². The number of carbonyl (C=O) groups excluding carboxylic acids is 1. The maximum Gasteiger partial charge on any atom is 0.251 e. The number of hydrogen-bond acceptors (Lipinski definition) is 3. The Morgan fingerprint density at radius 1 is 1.36 bits per heavy atom. The van der Waals surface area contributed by atoms with Crippen LogP contribution in [-0.2, 0) is 0 Å². The van der Waals surface area contributed by atoms with Crippen LogP contribution in [0.25, 0.3) is 0 Å². The van der Waals surface area contributed by atoms with Crippen molar-refractivity contribution in [1.82, 2.24) is 10.2 Å². The molecule has 22 heavy (non-hydrogen) atoms. The molecule has 1 fully saturated rings. The summed E-state index contributed by atoms with van der Waals surface area (Å²) in [5.41, 5.74) is 6.99. The average molecular weight is 303 g/mol. The van der Waals surface area contributed by atoms with E-state index in [-0.39, 0.29) is 5.91 Å². The number of piperidine rings is 1. The summed E-state index contributed by atoms with van der Waals surface area (Å²) in [7, 11) is 0. The largest absolute Gasteiger partial charge is 0.399 e. The molecule has 0 saturated carbocycles. The molecular weight excluding hydrogens is 274 g/mol. The lowest BCUT2D eigenvalue weighted by atomic mass is 9.96. The molecule has 0 atom stereocenters. The van der Waals surface area contributed by atoms with Crippen LogP contribution in [0.15, 0.2) is 24.3 Å². The Balaban J connectivity index is 1.69. The van der Waals surface area contributed by atoms with E-state index in [2.05, 4.69) is 24.1 Å². The number of anilines is 1. The Labute approximate surface area is 134 Å². The molecule has 1 aromatic rings. The number of nitrogen functional groups attached to an aromatic ring is 1. The van der Waals surface area contributed by atoms with Gasteiger partial charge in [0.15, 0.2) is 0 Å². The highest BCUT2D eigenvalue weighted by atomic mass is 16.1. The third kappa shape index (κ3) is 5.34. The Bertz CT molecular complexity index is 479. The molecule has 0 unspecified atom stereocenters. The fourth-order valence-corrected chi connectivity index (χ4v) is 2.87. The van der Waals surface area contributed by atoms with Gasteiger partial charge in [-0.2, -0.15) is 0 Å². The van der Waals surface area contributed by atoms with Crippen LogP contribution >= 0.6 is 0 Å². The lowest BCUT2D eigenvalue weighted by Crippen LogP contribution is -2.39. The summed E-state index contributed by atoms with van der Waals surface area (Å²) in [4.78, 5) is 14.7. The number of amides is 1. The second-order valence-corrected chi connectivity index (χ2v) is 6.80. The molecule has 1 amide bonds. The van der Waals surface area contributed by atoms with Crippen LogP contribution in [0.4, 0.5) is 5.69 Å². The van der Waals surface area contributed by atoms with E-state index < -0.39 is 0 Å². The van der Waals surface area contributed by atoms with E-state index in [1.807, 2.05) is 6.07 Å². The highest BCUT2D eigenvalue weighted by Crippen LogP contribution is 2.17. The van der Waals surface area contributed by atoms with Crippen LogP contribution in [-0.4, -0.2) is 37.0 Å². The zero-order valence-electron chi connectivity index (χ0n) is 13.8. The molecule has 0 spiro atoms. The Hall–Kier alpha value is -1.55. The molecule has 122 valence electrons. The van der Waals surface area contributed by atoms with Gasteiger partial charge in [-0.25, -0.2) is 0 Å². The van der Waals surface area contributed by atoms with Gasteiger partial charge in [-0.15, -0.1) is 0 Å². The molecule has 0 aromatic heterocycles. The number of rotatable bonds is 6. The van der Waals surface area contributed by atoms with E-state index in [4.69, 9.17) is 5.73 Å². The molecule has 0 aliphatic carbocycles. The van der Waals surface area contributed by atoms with Crippen molar-refractivity contribution in [2.24, 2.45) is 11.8 Å². The van der Waals surface area contributed by atoms with Gasteiger partial charge in [0.05, 0.1) is 0 Å². The SMILES string of the molecule is CC(C)CCN1CCC(CNC(=O)c2cccc(N)c2)CC1. The van der Waals surface area contributed by atoms with Gasteiger partial charge >= 0.3 is 0 Å². The quantitative estimate of drug-likeness (QED) is 0.795. The van der Waals surface area contributed by atoms with Crippen LogP contribution < -0.4 is 11.1 Å². The van der Waals surface area contributed by atoms with Gasteiger partial charge in [0, 0.05) is 17.8 Å². The minimum atomic E-state index is -0.0189. The van der Waals surface area contributed by atoms with Crippen molar-refractivity contribution in [2.45, 2.75) is 33.1 Å². The smallest absolute Gasteiger partial charge is 0.251 e. The maximum absolute atomic E-state index is 12.1. The van der Waals surface area contributed by atoms with Gasteiger partial charge in [0.25, 0.3) is 5.91 Å². The van der Waals surface area contributed by atoms with Crippen molar-refractivity contribution >= 4 is 11.6 Å². The summed E-state index contributed by atoms with van der Waals surface area (Å²) < 4.78 is 0. The summed E-state index contributed by atoms with van der Waals surface area (Å²) in [6.45, 7) is 8.85. The van der Waals surface area contributed by atoms with Crippen molar-refractivity contribution in [3.8, 4) is 0 Å². The van der Waals surface area contributed by atoms with Crippen LogP contribution in [0.3, 0.4) is 0 Å². The Kier molecular flexibility index (Phi) is 6.25.